The molecule has 1 spiro atoms. The Balaban J connectivity index is 1.34. The number of benzene rings is 2. The second-order valence-electron chi connectivity index (χ2n) is 7.17. The molecule has 30 heavy (non-hydrogen) atoms. The molecule has 6 nitrogen and oxygen atoms in total. The maximum atomic E-state index is 13.1. The number of carbonyl (C=O) groups excluding carboxylic acids is 1. The molecule has 1 amide bonds. The highest BCUT2D eigenvalue weighted by Gasteiger charge is 2.40. The molecular formula is C21H20F3N3O3. The van der Waals surface area contributed by atoms with Gasteiger partial charge in [-0.3, -0.25) is 15.6 Å². The predicted molar refractivity (Wildman–Crippen MR) is 104 cm³/mol. The van der Waals surface area contributed by atoms with Crippen LogP contribution in [0.3, 0.4) is 0 Å². The average Bonchev–Trinajstić information content (AvgIpc) is 3.14. The van der Waals surface area contributed by atoms with Gasteiger partial charge in [-0.05, 0) is 36.6 Å². The first-order valence-corrected chi connectivity index (χ1v) is 9.47. The summed E-state index contributed by atoms with van der Waals surface area (Å²) in [5.41, 5.74) is 3.07. The summed E-state index contributed by atoms with van der Waals surface area (Å²) in [5.74, 6) is 0. The molecule has 2 heterocycles. The van der Waals surface area contributed by atoms with Crippen LogP contribution in [0, 0.1) is 0 Å². The Bertz CT molecular complexity index is 939. The normalized spacial score (nSPS) is 18.6. The van der Waals surface area contributed by atoms with Gasteiger partial charge in [0.25, 0.3) is 0 Å². The fourth-order valence-electron chi connectivity index (χ4n) is 3.53. The second-order valence-corrected chi connectivity index (χ2v) is 7.17. The molecule has 1 fully saturated rings. The molecule has 2 aliphatic rings. The summed E-state index contributed by atoms with van der Waals surface area (Å²) in [4.78, 5) is 23.1. The summed E-state index contributed by atoms with van der Waals surface area (Å²) >= 11 is 0. The fraction of sp³-hybridized carbons (Fsp3) is 0.286. The quantitative estimate of drug-likeness (QED) is 0.763. The van der Waals surface area contributed by atoms with Crippen LogP contribution in [0.5, 0.6) is 0 Å². The molecule has 2 aromatic carbocycles. The Morgan fingerprint density at radius 1 is 1.07 bits per heavy atom. The highest BCUT2D eigenvalue weighted by Crippen LogP contribution is 2.36. The van der Waals surface area contributed by atoms with Crippen LogP contribution in [0.4, 0.5) is 23.7 Å². The monoisotopic (exact) mass is 419 g/mol. The maximum Gasteiger partial charge on any atom is 0.430 e. The highest BCUT2D eigenvalue weighted by atomic mass is 19.4. The van der Waals surface area contributed by atoms with Gasteiger partial charge in [0.2, 0.25) is 0 Å². The zero-order valence-electron chi connectivity index (χ0n) is 15.9. The van der Waals surface area contributed by atoms with Crippen molar-refractivity contribution in [2.45, 2.75) is 24.6 Å². The Morgan fingerprint density at radius 2 is 1.73 bits per heavy atom. The van der Waals surface area contributed by atoms with E-state index in [9.17, 15) is 18.0 Å². The van der Waals surface area contributed by atoms with Gasteiger partial charge in [-0.2, -0.15) is 13.2 Å². The van der Waals surface area contributed by atoms with E-state index in [0.29, 0.717) is 25.9 Å². The number of anilines is 1. The number of carbonyl (C=O) groups is 1. The summed E-state index contributed by atoms with van der Waals surface area (Å²) in [5, 5.41) is 3.60. The number of hydroxylamine groups is 3. The van der Waals surface area contributed by atoms with Crippen LogP contribution in [-0.4, -0.2) is 29.8 Å². The van der Waals surface area contributed by atoms with Crippen LogP contribution in [0.2, 0.25) is 0 Å². The van der Waals surface area contributed by atoms with Crippen molar-refractivity contribution in [1.29, 1.82) is 0 Å². The summed E-state index contributed by atoms with van der Waals surface area (Å²) in [6.45, 7) is 0.767. The lowest BCUT2D eigenvalue weighted by Gasteiger charge is -2.35. The first kappa shape index (κ1) is 20.2. The van der Waals surface area contributed by atoms with Crippen molar-refractivity contribution >= 4 is 17.5 Å². The minimum absolute atomic E-state index is 0.345. The van der Waals surface area contributed by atoms with E-state index < -0.39 is 23.4 Å². The Labute approximate surface area is 171 Å². The molecule has 0 aromatic heterocycles. The van der Waals surface area contributed by atoms with E-state index in [4.69, 9.17) is 9.68 Å². The number of hydrogen-bond acceptors (Lipinski definition) is 5. The van der Waals surface area contributed by atoms with Gasteiger partial charge in [0.1, 0.15) is 5.60 Å². The first-order chi connectivity index (χ1) is 14.3. The van der Waals surface area contributed by atoms with E-state index in [2.05, 4.69) is 10.8 Å². The minimum atomic E-state index is -4.57. The third-order valence-electron chi connectivity index (χ3n) is 5.11. The average molecular weight is 419 g/mol. The van der Waals surface area contributed by atoms with Crippen LogP contribution in [0.15, 0.2) is 60.7 Å². The largest absolute Gasteiger partial charge is 0.430 e. The number of nitrogens with one attached hydrogen (secondary N) is 2. The molecule has 2 aromatic rings. The van der Waals surface area contributed by atoms with E-state index in [1.807, 2.05) is 36.4 Å². The first-order valence-electron chi connectivity index (χ1n) is 9.47. The molecule has 9 heteroatoms. The number of piperidine rings is 1. The van der Waals surface area contributed by atoms with Crippen molar-refractivity contribution in [3.63, 3.8) is 0 Å². The van der Waals surface area contributed by atoms with E-state index in [1.54, 1.807) is 0 Å². The Hall–Kier alpha value is -3.04. The van der Waals surface area contributed by atoms with Crippen molar-refractivity contribution in [3.05, 3.63) is 71.8 Å². The zero-order valence-corrected chi connectivity index (χ0v) is 15.9. The van der Waals surface area contributed by atoms with Crippen molar-refractivity contribution in [2.24, 2.45) is 0 Å². The van der Waals surface area contributed by atoms with Gasteiger partial charge < -0.3 is 4.84 Å². The third kappa shape index (κ3) is 4.42. The second kappa shape index (κ2) is 8.00. The lowest BCUT2D eigenvalue weighted by atomic mass is 9.91. The number of nitrogens with zero attached hydrogens (tertiary/aromatic N) is 1. The molecule has 0 radical (unpaired) electrons. The number of alkyl halides is 3. The van der Waals surface area contributed by atoms with Gasteiger partial charge in [0.15, 0.2) is 0 Å². The number of rotatable bonds is 3. The molecule has 4 rings (SSSR count). The molecule has 0 bridgehead atoms. The highest BCUT2D eigenvalue weighted by molar-refractivity contribution is 5.85. The van der Waals surface area contributed by atoms with Crippen molar-refractivity contribution in [1.82, 2.24) is 10.5 Å². The smallest absolute Gasteiger partial charge is 0.351 e. The maximum absolute atomic E-state index is 13.1. The van der Waals surface area contributed by atoms with E-state index in [-0.39, 0.29) is 5.69 Å². The van der Waals surface area contributed by atoms with Crippen LogP contribution in [0.1, 0.15) is 24.0 Å². The van der Waals surface area contributed by atoms with E-state index in [1.165, 1.54) is 23.3 Å². The van der Waals surface area contributed by atoms with Crippen LogP contribution in [-0.2, 0) is 15.9 Å². The van der Waals surface area contributed by atoms with Crippen LogP contribution < -0.4 is 10.8 Å². The van der Waals surface area contributed by atoms with E-state index >= 15 is 0 Å². The zero-order chi connectivity index (χ0) is 21.2. The molecule has 158 valence electrons. The number of para-hydroxylation sites is 1. The molecule has 0 unspecified atom stereocenters. The van der Waals surface area contributed by atoms with Gasteiger partial charge >= 0.3 is 12.3 Å². The lowest BCUT2D eigenvalue weighted by Crippen LogP contribution is -2.45. The fourth-order valence-corrected chi connectivity index (χ4v) is 3.53. The van der Waals surface area contributed by atoms with Crippen molar-refractivity contribution in [2.75, 3.05) is 18.4 Å². The molecule has 1 saturated heterocycles. The van der Waals surface area contributed by atoms with Crippen LogP contribution >= 0.6 is 0 Å². The van der Waals surface area contributed by atoms with Gasteiger partial charge in [-0.25, -0.2) is 4.79 Å². The predicted octanol–water partition coefficient (Wildman–Crippen LogP) is 4.58. The minimum Gasteiger partial charge on any atom is -0.351 e. The standard InChI is InChI=1S/C21H20F3N3O3/c22-21(23,24)16-8-4-5-9-17(16)25-19(28)29-27-12-10-20(11-13-27)14-18(26-30-20)15-6-2-1-3-7-15/h1-9,14,26H,10-13H2,(H,25,28). The summed E-state index contributed by atoms with van der Waals surface area (Å²) in [6.07, 6.45) is -2.39. The number of amides is 1. The topological polar surface area (TPSA) is 62.8 Å². The van der Waals surface area contributed by atoms with E-state index in [0.717, 1.165) is 17.3 Å². The van der Waals surface area contributed by atoms with Gasteiger partial charge in [0.05, 0.1) is 16.9 Å². The summed E-state index contributed by atoms with van der Waals surface area (Å²) in [7, 11) is 0. The van der Waals surface area contributed by atoms with Gasteiger partial charge in [-0.15, -0.1) is 5.06 Å². The molecular weight excluding hydrogens is 399 g/mol. The number of halogens is 3. The van der Waals surface area contributed by atoms with Crippen molar-refractivity contribution < 1.29 is 27.6 Å². The van der Waals surface area contributed by atoms with Crippen molar-refractivity contribution in [3.8, 4) is 0 Å². The third-order valence-corrected chi connectivity index (χ3v) is 5.11. The van der Waals surface area contributed by atoms with Crippen LogP contribution in [0.25, 0.3) is 5.70 Å². The van der Waals surface area contributed by atoms with Gasteiger partial charge in [-0.1, -0.05) is 42.5 Å². The molecule has 2 aliphatic heterocycles. The summed E-state index contributed by atoms with van der Waals surface area (Å²) in [6, 6.07) is 14.5. The van der Waals surface area contributed by atoms with Gasteiger partial charge in [0, 0.05) is 13.1 Å². The SMILES string of the molecule is O=C(Nc1ccccc1C(F)(F)F)ON1CCC2(C=C(c3ccccc3)NO2)CC1. The lowest BCUT2D eigenvalue weighted by molar-refractivity contribution is -0.153. The Morgan fingerprint density at radius 3 is 2.43 bits per heavy atom. The number of hydrogen-bond donors (Lipinski definition) is 2. The molecule has 0 atom stereocenters. The summed E-state index contributed by atoms with van der Waals surface area (Å²) < 4.78 is 39.2. The Kier molecular flexibility index (Phi) is 5.40. The molecule has 0 aliphatic carbocycles. The molecule has 0 saturated carbocycles. The molecule has 2 N–H and O–H groups in total.